The number of hydrogen-bond acceptors (Lipinski definition) is 4. The van der Waals surface area contributed by atoms with E-state index in [9.17, 15) is 4.79 Å². The second kappa shape index (κ2) is 7.39. The molecule has 0 unspecified atom stereocenters. The normalized spacial score (nSPS) is 22.8. The first kappa shape index (κ1) is 16.6. The molecule has 1 rings (SSSR count). The Hall–Kier alpha value is -1.42. The van der Waals surface area contributed by atoms with Crippen LogP contribution in [0.1, 0.15) is 46.5 Å². The number of allylic oxidation sites excluding steroid dienone is 2. The molecule has 0 aromatic carbocycles. The van der Waals surface area contributed by atoms with Crippen LogP contribution in [-0.2, 0) is 9.63 Å². The van der Waals surface area contributed by atoms with E-state index >= 15 is 0 Å². The van der Waals surface area contributed by atoms with Crippen molar-refractivity contribution in [2.75, 3.05) is 13.7 Å². The van der Waals surface area contributed by atoms with Gasteiger partial charge in [0.25, 0.3) is 0 Å². The van der Waals surface area contributed by atoms with Crippen molar-refractivity contribution >= 4 is 11.5 Å². The monoisotopic (exact) mass is 278 g/mol. The lowest BCUT2D eigenvalue weighted by Gasteiger charge is -2.32. The quantitative estimate of drug-likeness (QED) is 0.351. The van der Waals surface area contributed by atoms with E-state index < -0.39 is 0 Å². The van der Waals surface area contributed by atoms with Gasteiger partial charge in [-0.1, -0.05) is 33.3 Å². The second-order valence-corrected chi connectivity index (χ2v) is 5.92. The number of hydroxylamine groups is 1. The van der Waals surface area contributed by atoms with Crippen LogP contribution in [0.2, 0.25) is 0 Å². The van der Waals surface area contributed by atoms with E-state index in [4.69, 9.17) is 4.84 Å². The summed E-state index contributed by atoms with van der Waals surface area (Å²) in [6.45, 7) is 10.3. The van der Waals surface area contributed by atoms with Gasteiger partial charge in [0.15, 0.2) is 5.78 Å². The van der Waals surface area contributed by atoms with Gasteiger partial charge in [0.2, 0.25) is 0 Å². The Bertz CT molecular complexity index is 434. The number of hydrogen-bond donors (Lipinski definition) is 1. The van der Waals surface area contributed by atoms with E-state index in [1.807, 2.05) is 0 Å². The van der Waals surface area contributed by atoms with E-state index in [0.29, 0.717) is 13.0 Å². The third-order valence-corrected chi connectivity index (χ3v) is 3.32. The predicted molar refractivity (Wildman–Crippen MR) is 82.6 cm³/mol. The number of ketones is 1. The number of aliphatic imine (C=N–C) groups is 1. The molecule has 0 spiro atoms. The maximum atomic E-state index is 12.5. The minimum atomic E-state index is -0.0191. The zero-order chi connectivity index (χ0) is 15.2. The Labute approximate surface area is 122 Å². The van der Waals surface area contributed by atoms with Crippen LogP contribution in [-0.4, -0.2) is 25.1 Å². The third kappa shape index (κ3) is 4.30. The Morgan fingerprint density at radius 1 is 1.50 bits per heavy atom. The van der Waals surface area contributed by atoms with Crippen molar-refractivity contribution in [3.8, 4) is 0 Å². The van der Waals surface area contributed by atoms with Crippen molar-refractivity contribution in [1.29, 1.82) is 0 Å². The molecule has 0 radical (unpaired) electrons. The van der Waals surface area contributed by atoms with Gasteiger partial charge in [-0.3, -0.25) is 20.1 Å². The van der Waals surface area contributed by atoms with Crippen molar-refractivity contribution < 1.29 is 9.63 Å². The lowest BCUT2D eigenvalue weighted by Crippen LogP contribution is -2.34. The third-order valence-electron chi connectivity index (χ3n) is 3.32. The molecule has 0 bridgehead atoms. The highest BCUT2D eigenvalue weighted by Crippen LogP contribution is 2.35. The summed E-state index contributed by atoms with van der Waals surface area (Å²) >= 11 is 0. The first-order chi connectivity index (χ1) is 9.45. The minimum Gasteiger partial charge on any atom is -0.294 e. The van der Waals surface area contributed by atoms with Crippen molar-refractivity contribution in [2.45, 2.75) is 46.5 Å². The molecule has 0 aliphatic heterocycles. The molecule has 1 aliphatic rings. The summed E-state index contributed by atoms with van der Waals surface area (Å²) < 4.78 is 0. The second-order valence-electron chi connectivity index (χ2n) is 5.92. The molecule has 1 fully saturated rings. The van der Waals surface area contributed by atoms with Crippen LogP contribution in [0.5, 0.6) is 0 Å². The number of nitrogens with zero attached hydrogens (tertiary/aromatic N) is 1. The van der Waals surface area contributed by atoms with Crippen molar-refractivity contribution in [3.05, 3.63) is 23.9 Å². The fourth-order valence-corrected chi connectivity index (χ4v) is 2.49. The smallest absolute Gasteiger partial charge is 0.167 e. The number of nitrogens with one attached hydrogen (secondary N) is 1. The molecule has 0 aromatic heterocycles. The predicted octanol–water partition coefficient (Wildman–Crippen LogP) is 3.21. The van der Waals surface area contributed by atoms with Gasteiger partial charge in [-0.05, 0) is 18.3 Å². The molecular formula is C16H26N2O2. The van der Waals surface area contributed by atoms with E-state index in [1.165, 1.54) is 0 Å². The first-order valence-electron chi connectivity index (χ1n) is 7.16. The van der Waals surface area contributed by atoms with Crippen molar-refractivity contribution in [1.82, 2.24) is 5.48 Å². The Morgan fingerprint density at radius 3 is 2.75 bits per heavy atom. The van der Waals surface area contributed by atoms with E-state index in [0.717, 1.165) is 36.2 Å². The molecule has 20 heavy (non-hydrogen) atoms. The number of carbonyl (C=O) groups excluding carboxylic acids is 1. The SMILES string of the molecule is C=CCONC(CCC)=C1C(=O)CC(C)(C)CC1=NC. The Balaban J connectivity index is 3.08. The molecule has 0 aromatic rings. The van der Waals surface area contributed by atoms with Gasteiger partial charge in [0.05, 0.1) is 17.9 Å². The maximum Gasteiger partial charge on any atom is 0.167 e. The van der Waals surface area contributed by atoms with Crippen molar-refractivity contribution in [2.24, 2.45) is 10.4 Å². The maximum absolute atomic E-state index is 12.5. The highest BCUT2D eigenvalue weighted by atomic mass is 16.6. The highest BCUT2D eigenvalue weighted by molar-refractivity contribution is 6.24. The average molecular weight is 278 g/mol. The fourth-order valence-electron chi connectivity index (χ4n) is 2.49. The zero-order valence-corrected chi connectivity index (χ0v) is 13.1. The summed E-state index contributed by atoms with van der Waals surface area (Å²) in [4.78, 5) is 22.1. The number of rotatable bonds is 6. The lowest BCUT2D eigenvalue weighted by molar-refractivity contribution is -0.117. The van der Waals surface area contributed by atoms with E-state index in [1.54, 1.807) is 13.1 Å². The molecule has 1 N–H and O–H groups in total. The summed E-state index contributed by atoms with van der Waals surface area (Å²) in [6.07, 6.45) is 4.76. The molecule has 0 saturated heterocycles. The standard InChI is InChI=1S/C16H26N2O2/c1-6-8-12(18-20-9-7-2)15-13(17-5)10-16(3,4)11-14(15)19/h7,18H,2,6,8-11H2,1,3-5H3. The summed E-state index contributed by atoms with van der Waals surface area (Å²) in [7, 11) is 1.75. The number of carbonyl (C=O) groups is 1. The largest absolute Gasteiger partial charge is 0.294 e. The molecule has 0 atom stereocenters. The van der Waals surface area contributed by atoms with Crippen LogP contribution < -0.4 is 5.48 Å². The Morgan fingerprint density at radius 2 is 2.20 bits per heavy atom. The van der Waals surface area contributed by atoms with E-state index in [-0.39, 0.29) is 11.2 Å². The highest BCUT2D eigenvalue weighted by Gasteiger charge is 2.35. The fraction of sp³-hybridized carbons (Fsp3) is 0.625. The van der Waals surface area contributed by atoms with Crippen LogP contribution in [0.25, 0.3) is 0 Å². The summed E-state index contributed by atoms with van der Waals surface area (Å²) in [5, 5.41) is 0. The summed E-state index contributed by atoms with van der Waals surface area (Å²) in [6, 6.07) is 0. The molecule has 1 saturated carbocycles. The Kier molecular flexibility index (Phi) is 6.14. The average Bonchev–Trinajstić information content (AvgIpc) is 2.36. The molecule has 112 valence electrons. The molecule has 4 heteroatoms. The molecule has 0 heterocycles. The van der Waals surface area contributed by atoms with Gasteiger partial charge >= 0.3 is 0 Å². The zero-order valence-electron chi connectivity index (χ0n) is 13.1. The minimum absolute atomic E-state index is 0.0191. The topological polar surface area (TPSA) is 50.7 Å². The van der Waals surface area contributed by atoms with Gasteiger partial charge in [-0.2, -0.15) is 0 Å². The summed E-state index contributed by atoms with van der Waals surface area (Å²) in [5.41, 5.74) is 5.34. The van der Waals surface area contributed by atoms with Gasteiger partial charge in [-0.25, -0.2) is 0 Å². The van der Waals surface area contributed by atoms with Crippen LogP contribution in [0.3, 0.4) is 0 Å². The van der Waals surface area contributed by atoms with Gasteiger partial charge < -0.3 is 0 Å². The molecular weight excluding hydrogens is 252 g/mol. The van der Waals surface area contributed by atoms with Gasteiger partial charge in [0, 0.05) is 19.2 Å². The lowest BCUT2D eigenvalue weighted by atomic mass is 9.73. The molecule has 1 aliphatic carbocycles. The summed E-state index contributed by atoms with van der Waals surface area (Å²) in [5.74, 6) is 0.153. The van der Waals surface area contributed by atoms with E-state index in [2.05, 4.69) is 37.8 Å². The van der Waals surface area contributed by atoms with Gasteiger partial charge in [0.1, 0.15) is 0 Å². The number of Topliss-reactive ketones (excluding diaryl/α,β-unsaturated/α-hetero) is 1. The molecule has 0 amide bonds. The van der Waals surface area contributed by atoms with Crippen LogP contribution in [0, 0.1) is 5.41 Å². The first-order valence-corrected chi connectivity index (χ1v) is 7.16. The van der Waals surface area contributed by atoms with Crippen LogP contribution in [0.4, 0.5) is 0 Å². The van der Waals surface area contributed by atoms with Crippen LogP contribution in [0.15, 0.2) is 28.9 Å². The molecule has 4 nitrogen and oxygen atoms in total. The van der Waals surface area contributed by atoms with Crippen LogP contribution >= 0.6 is 0 Å². The van der Waals surface area contributed by atoms with Crippen molar-refractivity contribution in [3.63, 3.8) is 0 Å². The van der Waals surface area contributed by atoms with Gasteiger partial charge in [-0.15, -0.1) is 6.58 Å².